The molecule has 0 aromatic heterocycles. The Morgan fingerprint density at radius 3 is 2.31 bits per heavy atom. The zero-order valence-corrected chi connectivity index (χ0v) is 9.75. The zero-order valence-electron chi connectivity index (χ0n) is 8.93. The van der Waals surface area contributed by atoms with Crippen molar-refractivity contribution in [2.24, 2.45) is 23.5 Å². The van der Waals surface area contributed by atoms with Gasteiger partial charge in [0.1, 0.15) is 5.92 Å². The van der Waals surface area contributed by atoms with E-state index in [0.717, 1.165) is 12.8 Å². The summed E-state index contributed by atoms with van der Waals surface area (Å²) in [6.07, 6.45) is 1.90. The van der Waals surface area contributed by atoms with Gasteiger partial charge in [-0.25, -0.2) is 0 Å². The minimum absolute atomic E-state index is 0. The van der Waals surface area contributed by atoms with Crippen LogP contribution in [0.15, 0.2) is 0 Å². The van der Waals surface area contributed by atoms with Crippen LogP contribution in [0.4, 0.5) is 0 Å². The molecule has 1 aliphatic carbocycles. The molecule has 0 radical (unpaired) electrons. The van der Waals surface area contributed by atoms with Crippen LogP contribution in [-0.2, 0) is 14.4 Å². The molecule has 90 valence electrons. The topological polar surface area (TPSA) is 89.3 Å². The molecular formula is C10H15ClN2O3. The van der Waals surface area contributed by atoms with Gasteiger partial charge >= 0.3 is 0 Å². The van der Waals surface area contributed by atoms with Crippen molar-refractivity contribution < 1.29 is 14.4 Å². The second-order valence-electron chi connectivity index (χ2n) is 4.39. The van der Waals surface area contributed by atoms with E-state index in [1.165, 1.54) is 0 Å². The summed E-state index contributed by atoms with van der Waals surface area (Å²) in [7, 11) is 0. The van der Waals surface area contributed by atoms with Crippen molar-refractivity contribution in [3.05, 3.63) is 0 Å². The molecule has 1 aliphatic heterocycles. The molecule has 2 fully saturated rings. The number of nitrogens with one attached hydrogen (secondary N) is 1. The molecule has 0 aromatic carbocycles. The summed E-state index contributed by atoms with van der Waals surface area (Å²) < 4.78 is 0. The third-order valence-electron chi connectivity index (χ3n) is 3.21. The average molecular weight is 247 g/mol. The fourth-order valence-electron chi connectivity index (χ4n) is 1.96. The maximum absolute atomic E-state index is 11.9. The molecule has 6 heteroatoms. The number of imide groups is 1. The highest BCUT2D eigenvalue weighted by molar-refractivity contribution is 6.16. The van der Waals surface area contributed by atoms with Crippen molar-refractivity contribution in [2.45, 2.75) is 25.8 Å². The van der Waals surface area contributed by atoms with E-state index in [2.05, 4.69) is 5.32 Å². The number of hydrogen-bond acceptors (Lipinski definition) is 4. The summed E-state index contributed by atoms with van der Waals surface area (Å²) in [5, 5.41) is 2.16. The monoisotopic (exact) mass is 246 g/mol. The van der Waals surface area contributed by atoms with Crippen LogP contribution in [0.25, 0.3) is 0 Å². The molecule has 2 rings (SSSR count). The van der Waals surface area contributed by atoms with E-state index < -0.39 is 23.8 Å². The van der Waals surface area contributed by atoms with Gasteiger partial charge in [-0.05, 0) is 18.8 Å². The van der Waals surface area contributed by atoms with Crippen molar-refractivity contribution in [3.63, 3.8) is 0 Å². The SMILES string of the molecule is C[C@@H]1C(=O)NC(=O)[C@H]1C(=O)C(N)C1CC1.Cl. The number of hydrogen-bond donors (Lipinski definition) is 2. The fraction of sp³-hybridized carbons (Fsp3) is 0.700. The van der Waals surface area contributed by atoms with E-state index in [4.69, 9.17) is 5.73 Å². The number of nitrogens with two attached hydrogens (primary N) is 1. The fourth-order valence-corrected chi connectivity index (χ4v) is 1.96. The number of rotatable bonds is 3. The van der Waals surface area contributed by atoms with Gasteiger partial charge in [0.05, 0.1) is 12.0 Å². The Morgan fingerprint density at radius 2 is 1.94 bits per heavy atom. The molecule has 1 saturated carbocycles. The van der Waals surface area contributed by atoms with Gasteiger partial charge in [-0.2, -0.15) is 0 Å². The summed E-state index contributed by atoms with van der Waals surface area (Å²) in [6, 6.07) is -0.575. The molecule has 3 atom stereocenters. The Balaban J connectivity index is 0.00000128. The van der Waals surface area contributed by atoms with Gasteiger partial charge in [-0.1, -0.05) is 6.92 Å². The number of Topliss-reactive ketones (excluding diaryl/α,β-unsaturated/α-hetero) is 1. The van der Waals surface area contributed by atoms with Crippen LogP contribution in [0, 0.1) is 17.8 Å². The van der Waals surface area contributed by atoms with E-state index in [0.29, 0.717) is 0 Å². The van der Waals surface area contributed by atoms with Crippen LogP contribution in [0.3, 0.4) is 0 Å². The van der Waals surface area contributed by atoms with Crippen molar-refractivity contribution in [2.75, 3.05) is 0 Å². The summed E-state index contributed by atoms with van der Waals surface area (Å²) in [5.41, 5.74) is 5.73. The van der Waals surface area contributed by atoms with E-state index in [9.17, 15) is 14.4 Å². The van der Waals surface area contributed by atoms with Crippen molar-refractivity contribution in [3.8, 4) is 0 Å². The van der Waals surface area contributed by atoms with Crippen molar-refractivity contribution in [1.82, 2.24) is 5.32 Å². The lowest BCUT2D eigenvalue weighted by molar-refractivity contribution is -0.134. The molecule has 2 aliphatic rings. The number of carbonyl (C=O) groups is 3. The lowest BCUT2D eigenvalue weighted by atomic mass is 9.87. The largest absolute Gasteiger partial charge is 0.321 e. The summed E-state index contributed by atoms with van der Waals surface area (Å²) in [6.45, 7) is 1.59. The first kappa shape index (κ1) is 13.1. The summed E-state index contributed by atoms with van der Waals surface area (Å²) in [5.74, 6) is -2.38. The van der Waals surface area contributed by atoms with Gasteiger partial charge < -0.3 is 5.73 Å². The smallest absolute Gasteiger partial charge is 0.238 e. The molecule has 0 aromatic rings. The highest BCUT2D eigenvalue weighted by Gasteiger charge is 2.47. The van der Waals surface area contributed by atoms with Crippen molar-refractivity contribution in [1.29, 1.82) is 0 Å². The number of amides is 2. The van der Waals surface area contributed by atoms with Gasteiger partial charge in [0.15, 0.2) is 5.78 Å². The van der Waals surface area contributed by atoms with E-state index in [1.54, 1.807) is 6.92 Å². The van der Waals surface area contributed by atoms with Crippen LogP contribution in [0.2, 0.25) is 0 Å². The first-order valence-electron chi connectivity index (χ1n) is 5.16. The first-order chi connectivity index (χ1) is 7.02. The van der Waals surface area contributed by atoms with Gasteiger partial charge in [0.2, 0.25) is 11.8 Å². The Hall–Kier alpha value is -0.940. The lowest BCUT2D eigenvalue weighted by Gasteiger charge is -2.15. The quantitative estimate of drug-likeness (QED) is 0.525. The Bertz CT molecular complexity index is 341. The zero-order chi connectivity index (χ0) is 11.2. The molecule has 0 bridgehead atoms. The van der Waals surface area contributed by atoms with Gasteiger partial charge in [0, 0.05) is 0 Å². The second kappa shape index (κ2) is 4.51. The second-order valence-corrected chi connectivity index (χ2v) is 4.39. The minimum atomic E-state index is -0.868. The Kier molecular flexibility index (Phi) is 3.70. The van der Waals surface area contributed by atoms with Crippen LogP contribution in [-0.4, -0.2) is 23.6 Å². The molecular weight excluding hydrogens is 232 g/mol. The van der Waals surface area contributed by atoms with Crippen LogP contribution < -0.4 is 11.1 Å². The molecule has 1 heterocycles. The minimum Gasteiger partial charge on any atom is -0.321 e. The van der Waals surface area contributed by atoms with E-state index in [1.807, 2.05) is 0 Å². The maximum atomic E-state index is 11.9. The summed E-state index contributed by atoms with van der Waals surface area (Å²) in [4.78, 5) is 34.4. The molecule has 0 spiro atoms. The highest BCUT2D eigenvalue weighted by Crippen LogP contribution is 2.34. The lowest BCUT2D eigenvalue weighted by Crippen LogP contribution is -2.41. The molecule has 5 nitrogen and oxygen atoms in total. The van der Waals surface area contributed by atoms with Crippen LogP contribution >= 0.6 is 12.4 Å². The molecule has 3 N–H and O–H groups in total. The van der Waals surface area contributed by atoms with Crippen LogP contribution in [0.5, 0.6) is 0 Å². The molecule has 2 amide bonds. The van der Waals surface area contributed by atoms with Gasteiger partial charge in [0.25, 0.3) is 0 Å². The van der Waals surface area contributed by atoms with Gasteiger partial charge in [-0.3, -0.25) is 19.7 Å². The number of halogens is 1. The Labute approximate surface area is 99.5 Å². The highest BCUT2D eigenvalue weighted by atomic mass is 35.5. The van der Waals surface area contributed by atoms with Crippen molar-refractivity contribution >= 4 is 30.0 Å². The Morgan fingerprint density at radius 1 is 1.38 bits per heavy atom. The maximum Gasteiger partial charge on any atom is 0.238 e. The van der Waals surface area contributed by atoms with Gasteiger partial charge in [-0.15, -0.1) is 12.4 Å². The molecule has 1 saturated heterocycles. The third-order valence-corrected chi connectivity index (χ3v) is 3.21. The van der Waals surface area contributed by atoms with Crippen LogP contribution in [0.1, 0.15) is 19.8 Å². The summed E-state index contributed by atoms with van der Waals surface area (Å²) >= 11 is 0. The van der Waals surface area contributed by atoms with E-state index in [-0.39, 0.29) is 30.0 Å². The molecule has 16 heavy (non-hydrogen) atoms. The third kappa shape index (κ3) is 2.10. The number of ketones is 1. The standard InChI is InChI=1S/C10H14N2O3.ClH/c1-4-6(10(15)12-9(4)14)8(13)7(11)5-2-3-5;/h4-7H,2-3,11H2,1H3,(H,12,14,15);1H/t4-,6+,7?;/m0./s1. The predicted octanol–water partition coefficient (Wildman–Crippen LogP) is -0.377. The first-order valence-corrected chi connectivity index (χ1v) is 5.16. The predicted molar refractivity (Wildman–Crippen MR) is 58.8 cm³/mol. The number of carbonyl (C=O) groups excluding carboxylic acids is 3. The molecule has 1 unspecified atom stereocenters. The van der Waals surface area contributed by atoms with E-state index >= 15 is 0 Å². The average Bonchev–Trinajstić information content (AvgIpc) is 2.96. The normalized spacial score (nSPS) is 30.6.